The van der Waals surface area contributed by atoms with Crippen LogP contribution in [0.3, 0.4) is 0 Å². The number of hydrogen-bond acceptors (Lipinski definition) is 4. The monoisotopic (exact) mass is 217 g/mol. The van der Waals surface area contributed by atoms with Crippen LogP contribution in [0, 0.1) is 0 Å². The van der Waals surface area contributed by atoms with Gasteiger partial charge in [0.2, 0.25) is 5.91 Å². The van der Waals surface area contributed by atoms with E-state index in [1.165, 1.54) is 6.92 Å². The smallest absolute Gasteiger partial charge is 0.747 e. The molecule has 0 aliphatic rings. The first-order valence-corrected chi connectivity index (χ1v) is 4.28. The van der Waals surface area contributed by atoms with Crippen molar-refractivity contribution in [1.29, 1.82) is 0 Å². The molecule has 0 aliphatic carbocycles. The Labute approximate surface area is 114 Å². The van der Waals surface area contributed by atoms with Crippen LogP contribution in [-0.4, -0.2) is 24.8 Å². The fraction of sp³-hybridized carbons (Fsp3) is 0.400. The molecule has 0 saturated carbocycles. The summed E-state index contributed by atoms with van der Waals surface area (Å²) in [7, 11) is -4.38. The van der Waals surface area contributed by atoms with Gasteiger partial charge in [-0.3, -0.25) is 4.79 Å². The maximum Gasteiger partial charge on any atom is 1.00 e. The Morgan fingerprint density at radius 2 is 2.00 bits per heavy atom. The van der Waals surface area contributed by atoms with Gasteiger partial charge in [-0.25, -0.2) is 8.42 Å². The maximum absolute atomic E-state index is 10.6. The molecule has 0 heterocycles. The van der Waals surface area contributed by atoms with E-state index >= 15 is 0 Å². The SMILES string of the molecule is C=C(C)C(=O)NCS(=O)(=O)[O-].[K+]. The largest absolute Gasteiger partial charge is 1.00 e. The molecule has 5 nitrogen and oxygen atoms in total. The molecule has 0 aromatic heterocycles. The van der Waals surface area contributed by atoms with Crippen LogP contribution in [-0.2, 0) is 14.9 Å². The van der Waals surface area contributed by atoms with Gasteiger partial charge in [0.15, 0.2) is 0 Å². The van der Waals surface area contributed by atoms with Crippen LogP contribution in [0.1, 0.15) is 6.92 Å². The first-order chi connectivity index (χ1) is 4.83. The van der Waals surface area contributed by atoms with E-state index in [-0.39, 0.29) is 57.0 Å². The van der Waals surface area contributed by atoms with Crippen molar-refractivity contribution < 1.29 is 69.1 Å². The first kappa shape index (κ1) is 15.2. The van der Waals surface area contributed by atoms with Gasteiger partial charge < -0.3 is 9.87 Å². The molecular formula is C5H8KNO4S. The molecule has 0 aromatic carbocycles. The zero-order chi connectivity index (χ0) is 9.07. The van der Waals surface area contributed by atoms with Gasteiger partial charge >= 0.3 is 51.4 Å². The van der Waals surface area contributed by atoms with E-state index in [0.717, 1.165) is 0 Å². The van der Waals surface area contributed by atoms with Gasteiger partial charge in [-0.15, -0.1) is 0 Å². The quantitative estimate of drug-likeness (QED) is 0.298. The van der Waals surface area contributed by atoms with E-state index in [9.17, 15) is 17.8 Å². The Balaban J connectivity index is 0. The molecule has 64 valence electrons. The Kier molecular flexibility index (Phi) is 7.93. The fourth-order valence-electron chi connectivity index (χ4n) is 0.305. The van der Waals surface area contributed by atoms with Crippen molar-refractivity contribution in [3.8, 4) is 0 Å². The molecule has 0 aromatic rings. The minimum Gasteiger partial charge on any atom is -0.747 e. The minimum atomic E-state index is -4.38. The second kappa shape index (κ2) is 6.25. The van der Waals surface area contributed by atoms with Crippen molar-refractivity contribution in [2.24, 2.45) is 0 Å². The summed E-state index contributed by atoms with van der Waals surface area (Å²) >= 11 is 0. The van der Waals surface area contributed by atoms with Crippen molar-refractivity contribution in [2.75, 3.05) is 5.88 Å². The number of hydrogen-bond donors (Lipinski definition) is 1. The molecule has 0 rings (SSSR count). The van der Waals surface area contributed by atoms with Crippen LogP contribution in [0.15, 0.2) is 12.2 Å². The molecule has 1 N–H and O–H groups in total. The van der Waals surface area contributed by atoms with Gasteiger partial charge in [-0.2, -0.15) is 0 Å². The molecule has 0 saturated heterocycles. The van der Waals surface area contributed by atoms with Gasteiger partial charge in [0.25, 0.3) is 0 Å². The molecule has 1 amide bonds. The number of carbonyl (C=O) groups is 1. The second-order valence-electron chi connectivity index (χ2n) is 1.99. The molecule has 0 atom stereocenters. The summed E-state index contributed by atoms with van der Waals surface area (Å²) < 4.78 is 29.9. The Morgan fingerprint density at radius 1 is 1.58 bits per heavy atom. The minimum absolute atomic E-state index is 0. The average Bonchev–Trinajstić information content (AvgIpc) is 1.80. The van der Waals surface area contributed by atoms with Gasteiger partial charge in [-0.05, 0) is 6.92 Å². The van der Waals surface area contributed by atoms with Gasteiger partial charge in [0, 0.05) is 5.57 Å². The van der Waals surface area contributed by atoms with E-state index in [0.29, 0.717) is 0 Å². The molecule has 0 fully saturated rings. The maximum atomic E-state index is 10.6. The molecule has 0 unspecified atom stereocenters. The summed E-state index contributed by atoms with van der Waals surface area (Å²) in [5.74, 6) is -1.52. The molecule has 0 spiro atoms. The van der Waals surface area contributed by atoms with Crippen molar-refractivity contribution >= 4 is 16.0 Å². The zero-order valence-corrected chi connectivity index (χ0v) is 10.9. The van der Waals surface area contributed by atoms with Crippen LogP contribution < -0.4 is 56.7 Å². The van der Waals surface area contributed by atoms with E-state index in [1.807, 2.05) is 5.32 Å². The van der Waals surface area contributed by atoms with E-state index in [1.54, 1.807) is 0 Å². The number of carbonyl (C=O) groups excluding carboxylic acids is 1. The predicted molar refractivity (Wildman–Crippen MR) is 37.5 cm³/mol. The summed E-state index contributed by atoms with van der Waals surface area (Å²) in [5.41, 5.74) is 0.161. The first-order valence-electron chi connectivity index (χ1n) is 2.70. The second-order valence-corrected chi connectivity index (χ2v) is 3.39. The van der Waals surface area contributed by atoms with Crippen molar-refractivity contribution in [1.82, 2.24) is 5.32 Å². The third-order valence-corrected chi connectivity index (χ3v) is 1.30. The molecule has 12 heavy (non-hydrogen) atoms. The average molecular weight is 217 g/mol. The van der Waals surface area contributed by atoms with Gasteiger partial charge in [-0.1, -0.05) is 6.58 Å². The molecule has 0 radical (unpaired) electrons. The fourth-order valence-corrected chi connectivity index (χ4v) is 0.613. The zero-order valence-electron chi connectivity index (χ0n) is 6.96. The number of rotatable bonds is 3. The van der Waals surface area contributed by atoms with E-state index in [4.69, 9.17) is 0 Å². The molecular weight excluding hydrogens is 209 g/mol. The van der Waals surface area contributed by atoms with Gasteiger partial charge in [0.1, 0.15) is 16.0 Å². The van der Waals surface area contributed by atoms with Gasteiger partial charge in [0.05, 0.1) is 0 Å². The molecule has 0 aliphatic heterocycles. The van der Waals surface area contributed by atoms with Crippen LogP contribution in [0.25, 0.3) is 0 Å². The standard InChI is InChI=1S/C5H9NO4S.K/c1-4(2)5(7)6-3-11(8,9)10;/h1,3H2,2H3,(H,6,7)(H,8,9,10);/q;+1/p-1. The Morgan fingerprint density at radius 3 is 2.25 bits per heavy atom. The van der Waals surface area contributed by atoms with Crippen molar-refractivity contribution in [2.45, 2.75) is 6.92 Å². The Bertz CT molecular complexity index is 271. The van der Waals surface area contributed by atoms with Crippen LogP contribution in [0.2, 0.25) is 0 Å². The summed E-state index contributed by atoms with van der Waals surface area (Å²) in [6.07, 6.45) is 0. The van der Waals surface area contributed by atoms with Crippen LogP contribution >= 0.6 is 0 Å². The van der Waals surface area contributed by atoms with E-state index < -0.39 is 21.9 Å². The molecule has 7 heteroatoms. The van der Waals surface area contributed by atoms with Crippen molar-refractivity contribution in [3.05, 3.63) is 12.2 Å². The normalized spacial score (nSPS) is 9.83. The van der Waals surface area contributed by atoms with Crippen molar-refractivity contribution in [3.63, 3.8) is 0 Å². The summed E-state index contributed by atoms with van der Waals surface area (Å²) in [6.45, 7) is 4.66. The van der Waals surface area contributed by atoms with E-state index in [2.05, 4.69) is 6.58 Å². The summed E-state index contributed by atoms with van der Waals surface area (Å²) in [6, 6.07) is 0. The predicted octanol–water partition coefficient (Wildman–Crippen LogP) is -3.81. The summed E-state index contributed by atoms with van der Waals surface area (Å²) in [4.78, 5) is 10.6. The van der Waals surface area contributed by atoms with Crippen LogP contribution in [0.4, 0.5) is 0 Å². The van der Waals surface area contributed by atoms with Crippen LogP contribution in [0.5, 0.6) is 0 Å². The third-order valence-electron chi connectivity index (χ3n) is 0.797. The number of amides is 1. The summed E-state index contributed by atoms with van der Waals surface area (Å²) in [5, 5.41) is 1.88. The third kappa shape index (κ3) is 8.85. The topological polar surface area (TPSA) is 86.3 Å². The Hall–Kier alpha value is 0.756. The molecule has 0 bridgehead atoms. The number of nitrogens with one attached hydrogen (secondary N) is 1.